The van der Waals surface area contributed by atoms with Crippen LogP contribution >= 0.6 is 11.8 Å². The number of carbonyl (C=O) groups excluding carboxylic acids is 1. The Balaban J connectivity index is 4.28. The lowest BCUT2D eigenvalue weighted by molar-refractivity contribution is -0.139. The van der Waals surface area contributed by atoms with Gasteiger partial charge in [0.25, 0.3) is 0 Å². The summed E-state index contributed by atoms with van der Waals surface area (Å²) in [5, 5.41) is 14.3. The maximum absolute atomic E-state index is 11.7. The molecule has 0 aromatic rings. The smallest absolute Gasteiger partial charge is 0.326 e. The molecule has 0 aliphatic carbocycles. The molecule has 1 unspecified atom stereocenters. The predicted molar refractivity (Wildman–Crippen MR) is 75.0 cm³/mol. The molecule has 2 atom stereocenters. The molecule has 0 aromatic heterocycles. The molecule has 0 aliphatic heterocycles. The van der Waals surface area contributed by atoms with Gasteiger partial charge in [-0.15, -0.1) is 0 Å². The van der Waals surface area contributed by atoms with Crippen molar-refractivity contribution in [2.24, 2.45) is 5.92 Å². The topological polar surface area (TPSA) is 78.4 Å². The monoisotopic (exact) mass is 276 g/mol. The van der Waals surface area contributed by atoms with E-state index in [2.05, 4.69) is 10.6 Å². The molecule has 0 bridgehead atoms. The highest BCUT2D eigenvalue weighted by Gasteiger charge is 2.21. The highest BCUT2D eigenvalue weighted by atomic mass is 32.2. The Morgan fingerprint density at radius 3 is 2.28 bits per heavy atom. The van der Waals surface area contributed by atoms with E-state index in [1.54, 1.807) is 11.8 Å². The molecule has 18 heavy (non-hydrogen) atoms. The number of aliphatic carboxylic acids is 1. The van der Waals surface area contributed by atoms with E-state index in [9.17, 15) is 9.59 Å². The van der Waals surface area contributed by atoms with E-state index >= 15 is 0 Å². The average molecular weight is 276 g/mol. The van der Waals surface area contributed by atoms with Crippen LogP contribution in [-0.4, -0.2) is 41.2 Å². The van der Waals surface area contributed by atoms with E-state index < -0.39 is 18.0 Å². The summed E-state index contributed by atoms with van der Waals surface area (Å²) in [5.74, 6) is 0.0580. The van der Waals surface area contributed by atoms with Crippen molar-refractivity contribution in [2.75, 3.05) is 12.0 Å². The molecule has 3 N–H and O–H groups in total. The van der Waals surface area contributed by atoms with E-state index in [0.717, 1.165) is 12.2 Å². The SMILES string of the molecule is CCC(CSC)NC(=O)N[C@@H](CC(C)C)C(=O)O. The van der Waals surface area contributed by atoms with Crippen molar-refractivity contribution in [1.82, 2.24) is 10.6 Å². The van der Waals surface area contributed by atoms with Crippen molar-refractivity contribution in [2.45, 2.75) is 45.7 Å². The minimum absolute atomic E-state index is 0.0773. The molecular weight excluding hydrogens is 252 g/mol. The van der Waals surface area contributed by atoms with Crippen molar-refractivity contribution in [3.63, 3.8) is 0 Å². The molecule has 0 aliphatic rings. The third-order valence-corrected chi connectivity index (χ3v) is 3.24. The van der Waals surface area contributed by atoms with Crippen LogP contribution in [0.4, 0.5) is 4.79 Å². The van der Waals surface area contributed by atoms with Gasteiger partial charge in [-0.05, 0) is 25.0 Å². The van der Waals surface area contributed by atoms with Gasteiger partial charge in [0.2, 0.25) is 0 Å². The van der Waals surface area contributed by atoms with Crippen LogP contribution in [0, 0.1) is 5.92 Å². The van der Waals surface area contributed by atoms with Gasteiger partial charge >= 0.3 is 12.0 Å². The van der Waals surface area contributed by atoms with Gasteiger partial charge in [-0.3, -0.25) is 0 Å². The van der Waals surface area contributed by atoms with E-state index in [0.29, 0.717) is 6.42 Å². The number of nitrogens with one attached hydrogen (secondary N) is 2. The van der Waals surface area contributed by atoms with Gasteiger partial charge in [-0.1, -0.05) is 20.8 Å². The van der Waals surface area contributed by atoms with E-state index in [4.69, 9.17) is 5.11 Å². The highest BCUT2D eigenvalue weighted by Crippen LogP contribution is 2.05. The molecule has 0 saturated heterocycles. The minimum atomic E-state index is -0.989. The molecule has 0 fully saturated rings. The molecule has 0 radical (unpaired) electrons. The molecular formula is C12H24N2O3S. The van der Waals surface area contributed by atoms with Crippen molar-refractivity contribution >= 4 is 23.8 Å². The number of carboxylic acids is 1. The summed E-state index contributed by atoms with van der Waals surface area (Å²) in [6.07, 6.45) is 3.24. The Hall–Kier alpha value is -0.910. The second-order valence-corrected chi connectivity index (χ2v) is 5.61. The quantitative estimate of drug-likeness (QED) is 0.633. The van der Waals surface area contributed by atoms with Crippen LogP contribution in [0.1, 0.15) is 33.6 Å². The number of hydrogen-bond acceptors (Lipinski definition) is 3. The van der Waals surface area contributed by atoms with Crippen LogP contribution in [0.5, 0.6) is 0 Å². The Morgan fingerprint density at radius 2 is 1.89 bits per heavy atom. The summed E-state index contributed by atoms with van der Waals surface area (Å²) in [5.41, 5.74) is 0. The summed E-state index contributed by atoms with van der Waals surface area (Å²) in [6, 6.07) is -1.14. The van der Waals surface area contributed by atoms with Crippen LogP contribution in [0.25, 0.3) is 0 Å². The summed E-state index contributed by atoms with van der Waals surface area (Å²) in [4.78, 5) is 22.7. The second-order valence-electron chi connectivity index (χ2n) is 4.70. The first-order valence-electron chi connectivity index (χ1n) is 6.19. The van der Waals surface area contributed by atoms with Crippen molar-refractivity contribution in [3.8, 4) is 0 Å². The zero-order valence-corrected chi connectivity index (χ0v) is 12.3. The summed E-state index contributed by atoms with van der Waals surface area (Å²) in [6.45, 7) is 5.85. The summed E-state index contributed by atoms with van der Waals surface area (Å²) < 4.78 is 0. The van der Waals surface area contributed by atoms with Crippen molar-refractivity contribution in [1.29, 1.82) is 0 Å². The number of amides is 2. The second kappa shape index (κ2) is 9.08. The molecule has 106 valence electrons. The maximum atomic E-state index is 11.7. The standard InChI is InChI=1S/C12H24N2O3S/c1-5-9(7-18-4)13-12(17)14-10(11(15)16)6-8(2)3/h8-10H,5-7H2,1-4H3,(H,15,16)(H2,13,14,17)/t9?,10-/m0/s1. The molecule has 5 nitrogen and oxygen atoms in total. The van der Waals surface area contributed by atoms with Crippen LogP contribution in [-0.2, 0) is 4.79 Å². The molecule has 0 rings (SSSR count). The third-order valence-electron chi connectivity index (χ3n) is 2.51. The first-order chi connectivity index (χ1) is 8.40. The Kier molecular flexibility index (Phi) is 8.62. The van der Waals surface area contributed by atoms with Gasteiger partial charge < -0.3 is 15.7 Å². The van der Waals surface area contributed by atoms with E-state index in [-0.39, 0.29) is 12.0 Å². The number of carboxylic acid groups (broad SMARTS) is 1. The van der Waals surface area contributed by atoms with Crippen molar-refractivity contribution in [3.05, 3.63) is 0 Å². The molecule has 6 heteroatoms. The summed E-state index contributed by atoms with van der Waals surface area (Å²) in [7, 11) is 0. The first-order valence-corrected chi connectivity index (χ1v) is 7.58. The Bertz CT molecular complexity index is 272. The number of thioether (sulfide) groups is 1. The Labute approximate surface area is 113 Å². The Morgan fingerprint density at radius 1 is 1.28 bits per heavy atom. The normalized spacial score (nSPS) is 14.1. The van der Waals surface area contributed by atoms with Crippen LogP contribution < -0.4 is 10.6 Å². The molecule has 2 amide bonds. The molecule has 0 heterocycles. The third kappa shape index (κ3) is 7.42. The summed E-state index contributed by atoms with van der Waals surface area (Å²) >= 11 is 1.65. The van der Waals surface area contributed by atoms with Gasteiger partial charge in [0.05, 0.1) is 0 Å². The number of rotatable bonds is 8. The number of carbonyl (C=O) groups is 2. The lowest BCUT2D eigenvalue weighted by atomic mass is 10.0. The fourth-order valence-electron chi connectivity index (χ4n) is 1.54. The first kappa shape index (κ1) is 17.1. The lowest BCUT2D eigenvalue weighted by Crippen LogP contribution is -2.49. The van der Waals surface area contributed by atoms with E-state index in [1.165, 1.54) is 0 Å². The zero-order chi connectivity index (χ0) is 14.1. The van der Waals surface area contributed by atoms with Crippen LogP contribution in [0.3, 0.4) is 0 Å². The van der Waals surface area contributed by atoms with Gasteiger partial charge in [0.15, 0.2) is 0 Å². The minimum Gasteiger partial charge on any atom is -0.480 e. The van der Waals surface area contributed by atoms with Gasteiger partial charge in [-0.2, -0.15) is 11.8 Å². The fraction of sp³-hybridized carbons (Fsp3) is 0.833. The maximum Gasteiger partial charge on any atom is 0.326 e. The van der Waals surface area contributed by atoms with Gasteiger partial charge in [-0.25, -0.2) is 9.59 Å². The van der Waals surface area contributed by atoms with Gasteiger partial charge in [0, 0.05) is 11.8 Å². The molecule has 0 spiro atoms. The van der Waals surface area contributed by atoms with Crippen LogP contribution in [0.15, 0.2) is 0 Å². The van der Waals surface area contributed by atoms with E-state index in [1.807, 2.05) is 27.0 Å². The molecule has 0 saturated carbocycles. The van der Waals surface area contributed by atoms with Crippen molar-refractivity contribution < 1.29 is 14.7 Å². The van der Waals surface area contributed by atoms with Gasteiger partial charge in [0.1, 0.15) is 6.04 Å². The average Bonchev–Trinajstić information content (AvgIpc) is 2.26. The van der Waals surface area contributed by atoms with Crippen LogP contribution in [0.2, 0.25) is 0 Å². The molecule has 0 aromatic carbocycles. The number of urea groups is 1. The highest BCUT2D eigenvalue weighted by molar-refractivity contribution is 7.98. The fourth-order valence-corrected chi connectivity index (χ4v) is 2.26. The number of hydrogen-bond donors (Lipinski definition) is 3. The lowest BCUT2D eigenvalue weighted by Gasteiger charge is -2.20. The largest absolute Gasteiger partial charge is 0.480 e. The zero-order valence-electron chi connectivity index (χ0n) is 11.5. The predicted octanol–water partition coefficient (Wildman–Crippen LogP) is 1.93.